The van der Waals surface area contributed by atoms with Crippen molar-refractivity contribution in [1.29, 1.82) is 0 Å². The monoisotopic (exact) mass is 447 g/mol. The molecule has 1 fully saturated rings. The highest BCUT2D eigenvalue weighted by molar-refractivity contribution is 14.0. The zero-order valence-corrected chi connectivity index (χ0v) is 16.5. The molecule has 2 heterocycles. The molecule has 0 aromatic carbocycles. The van der Waals surface area contributed by atoms with Crippen LogP contribution in [0, 0.1) is 6.92 Å². The lowest BCUT2D eigenvalue weighted by Crippen LogP contribution is -2.41. The summed E-state index contributed by atoms with van der Waals surface area (Å²) < 4.78 is 5.55. The molecule has 1 aliphatic heterocycles. The molecule has 3 N–H and O–H groups in total. The number of hydrogen-bond acceptors (Lipinski definition) is 4. The summed E-state index contributed by atoms with van der Waals surface area (Å²) in [5.41, 5.74) is 1.06. The number of carbonyl (C=O) groups is 1. The number of halogens is 1. The predicted octanol–water partition coefficient (Wildman–Crippen LogP) is 1.68. The summed E-state index contributed by atoms with van der Waals surface area (Å²) in [6.07, 6.45) is 4.52. The first-order chi connectivity index (χ1) is 11.2. The summed E-state index contributed by atoms with van der Waals surface area (Å²) in [6.45, 7) is 4.03. The van der Waals surface area contributed by atoms with Crippen LogP contribution >= 0.6 is 24.0 Å². The van der Waals surface area contributed by atoms with Crippen molar-refractivity contribution in [3.8, 4) is 0 Å². The van der Waals surface area contributed by atoms with Gasteiger partial charge in [0.05, 0.1) is 6.10 Å². The SMILES string of the molecule is CN=C(NCCC(=O)Nc1ccc(C)cn1)NCC1CCCO1.I. The van der Waals surface area contributed by atoms with Gasteiger partial charge in [0.25, 0.3) is 0 Å². The molecule has 1 aromatic rings. The van der Waals surface area contributed by atoms with Crippen LogP contribution in [0.1, 0.15) is 24.8 Å². The van der Waals surface area contributed by atoms with Crippen molar-refractivity contribution in [2.45, 2.75) is 32.3 Å². The van der Waals surface area contributed by atoms with E-state index in [1.807, 2.05) is 13.0 Å². The highest BCUT2D eigenvalue weighted by Gasteiger charge is 2.15. The molecule has 2 rings (SSSR count). The molecular formula is C16H26IN5O2. The fraction of sp³-hybridized carbons (Fsp3) is 0.562. The van der Waals surface area contributed by atoms with Gasteiger partial charge in [0, 0.05) is 39.4 Å². The Morgan fingerprint density at radius 3 is 2.88 bits per heavy atom. The maximum absolute atomic E-state index is 11.9. The van der Waals surface area contributed by atoms with E-state index in [0.717, 1.165) is 31.6 Å². The van der Waals surface area contributed by atoms with E-state index in [-0.39, 0.29) is 36.0 Å². The molecule has 0 spiro atoms. The summed E-state index contributed by atoms with van der Waals surface area (Å²) in [5.74, 6) is 1.17. The Morgan fingerprint density at radius 1 is 1.42 bits per heavy atom. The van der Waals surface area contributed by atoms with E-state index in [0.29, 0.717) is 24.7 Å². The molecule has 0 bridgehead atoms. The molecule has 1 aliphatic rings. The number of nitrogens with one attached hydrogen (secondary N) is 3. The summed E-state index contributed by atoms with van der Waals surface area (Å²) in [6, 6.07) is 3.71. The van der Waals surface area contributed by atoms with Gasteiger partial charge in [-0.25, -0.2) is 4.98 Å². The number of aryl methyl sites for hydroxylation is 1. The summed E-state index contributed by atoms with van der Waals surface area (Å²) in [5, 5.41) is 9.10. The lowest BCUT2D eigenvalue weighted by atomic mass is 10.2. The van der Waals surface area contributed by atoms with Crippen molar-refractivity contribution in [1.82, 2.24) is 15.6 Å². The number of aromatic nitrogens is 1. The zero-order valence-electron chi connectivity index (χ0n) is 14.2. The van der Waals surface area contributed by atoms with Crippen molar-refractivity contribution in [3.63, 3.8) is 0 Å². The van der Waals surface area contributed by atoms with Gasteiger partial charge in [-0.2, -0.15) is 0 Å². The second kappa shape index (κ2) is 11.2. The van der Waals surface area contributed by atoms with E-state index in [1.165, 1.54) is 0 Å². The minimum atomic E-state index is -0.0802. The van der Waals surface area contributed by atoms with Gasteiger partial charge >= 0.3 is 0 Å². The lowest BCUT2D eigenvalue weighted by molar-refractivity contribution is -0.116. The Morgan fingerprint density at radius 2 is 2.25 bits per heavy atom. The Kier molecular flexibility index (Phi) is 9.62. The first-order valence-corrected chi connectivity index (χ1v) is 7.96. The average molecular weight is 447 g/mol. The molecule has 1 atom stereocenters. The Labute approximate surface area is 160 Å². The van der Waals surface area contributed by atoms with Crippen molar-refractivity contribution in [2.75, 3.05) is 32.1 Å². The highest BCUT2D eigenvalue weighted by Crippen LogP contribution is 2.10. The zero-order chi connectivity index (χ0) is 16.5. The molecule has 1 aromatic heterocycles. The number of anilines is 1. The van der Waals surface area contributed by atoms with Gasteiger partial charge in [0.2, 0.25) is 5.91 Å². The number of guanidine groups is 1. The number of nitrogens with zero attached hydrogens (tertiary/aromatic N) is 2. The molecule has 0 saturated carbocycles. The van der Waals surface area contributed by atoms with Crippen LogP contribution in [-0.4, -0.2) is 49.7 Å². The van der Waals surface area contributed by atoms with E-state index in [1.54, 1.807) is 19.3 Å². The fourth-order valence-corrected chi connectivity index (χ4v) is 2.28. The molecule has 0 aliphatic carbocycles. The predicted molar refractivity (Wildman–Crippen MR) is 106 cm³/mol. The van der Waals surface area contributed by atoms with Crippen molar-refractivity contribution >= 4 is 41.7 Å². The molecular weight excluding hydrogens is 421 g/mol. The minimum Gasteiger partial charge on any atom is -0.376 e. The molecule has 24 heavy (non-hydrogen) atoms. The van der Waals surface area contributed by atoms with Crippen LogP contribution in [0.5, 0.6) is 0 Å². The van der Waals surface area contributed by atoms with E-state index in [9.17, 15) is 4.79 Å². The third-order valence-electron chi connectivity index (χ3n) is 3.57. The number of rotatable bonds is 6. The van der Waals surface area contributed by atoms with E-state index < -0.39 is 0 Å². The largest absolute Gasteiger partial charge is 0.376 e. The van der Waals surface area contributed by atoms with Crippen LogP contribution in [0.3, 0.4) is 0 Å². The van der Waals surface area contributed by atoms with Crippen LogP contribution in [0.4, 0.5) is 5.82 Å². The second-order valence-corrected chi connectivity index (χ2v) is 5.53. The van der Waals surface area contributed by atoms with Crippen molar-refractivity contribution < 1.29 is 9.53 Å². The number of pyridine rings is 1. The van der Waals surface area contributed by atoms with Crippen molar-refractivity contribution in [3.05, 3.63) is 23.9 Å². The molecule has 0 radical (unpaired) electrons. The van der Waals surface area contributed by atoms with Gasteiger partial charge in [0.15, 0.2) is 5.96 Å². The maximum atomic E-state index is 11.9. The highest BCUT2D eigenvalue weighted by atomic mass is 127. The minimum absolute atomic E-state index is 0. The molecule has 7 nitrogen and oxygen atoms in total. The van der Waals surface area contributed by atoms with Crippen molar-refractivity contribution in [2.24, 2.45) is 4.99 Å². The van der Waals surface area contributed by atoms with Crippen LogP contribution in [0.15, 0.2) is 23.3 Å². The maximum Gasteiger partial charge on any atom is 0.227 e. The third kappa shape index (κ3) is 7.43. The Balaban J connectivity index is 0.00000288. The van der Waals surface area contributed by atoms with Gasteiger partial charge < -0.3 is 20.7 Å². The second-order valence-electron chi connectivity index (χ2n) is 5.53. The van der Waals surface area contributed by atoms with Gasteiger partial charge in [-0.1, -0.05) is 6.07 Å². The molecule has 1 saturated heterocycles. The number of amides is 1. The number of aliphatic imine (C=N–C) groups is 1. The molecule has 1 amide bonds. The quantitative estimate of drug-likeness (QED) is 0.351. The fourth-order valence-electron chi connectivity index (χ4n) is 2.28. The smallest absolute Gasteiger partial charge is 0.227 e. The molecule has 8 heteroatoms. The van der Waals surface area contributed by atoms with E-state index >= 15 is 0 Å². The molecule has 1 unspecified atom stereocenters. The third-order valence-corrected chi connectivity index (χ3v) is 3.57. The average Bonchev–Trinajstić information content (AvgIpc) is 3.06. The van der Waals surface area contributed by atoms with Crippen LogP contribution in [-0.2, 0) is 9.53 Å². The van der Waals surface area contributed by atoms with Gasteiger partial charge in [0.1, 0.15) is 5.82 Å². The number of hydrogen-bond donors (Lipinski definition) is 3. The lowest BCUT2D eigenvalue weighted by Gasteiger charge is -2.14. The van der Waals surface area contributed by atoms with E-state index in [4.69, 9.17) is 4.74 Å². The first-order valence-electron chi connectivity index (χ1n) is 7.96. The van der Waals surface area contributed by atoms with Crippen LogP contribution in [0.2, 0.25) is 0 Å². The first kappa shape index (κ1) is 20.6. The number of ether oxygens (including phenoxy) is 1. The Hall–Kier alpha value is -1.42. The van der Waals surface area contributed by atoms with Gasteiger partial charge in [-0.3, -0.25) is 9.79 Å². The standard InChI is InChI=1S/C16H25N5O2.HI/c1-12-5-6-14(19-10-12)21-15(22)7-8-18-16(17-2)20-11-13-4-3-9-23-13;/h5-6,10,13H,3-4,7-9,11H2,1-2H3,(H2,17,18,20)(H,19,21,22);1H. The van der Waals surface area contributed by atoms with Crippen LogP contribution in [0.25, 0.3) is 0 Å². The van der Waals surface area contributed by atoms with Crippen LogP contribution < -0.4 is 16.0 Å². The topological polar surface area (TPSA) is 87.6 Å². The Bertz CT molecular complexity index is 530. The number of carbonyl (C=O) groups excluding carboxylic acids is 1. The normalized spacial score (nSPS) is 17.1. The summed E-state index contributed by atoms with van der Waals surface area (Å²) >= 11 is 0. The molecule has 134 valence electrons. The van der Waals surface area contributed by atoms with E-state index in [2.05, 4.69) is 25.9 Å². The van der Waals surface area contributed by atoms with Gasteiger partial charge in [-0.05, 0) is 31.4 Å². The summed E-state index contributed by atoms with van der Waals surface area (Å²) in [4.78, 5) is 20.1. The van der Waals surface area contributed by atoms with Gasteiger partial charge in [-0.15, -0.1) is 24.0 Å². The summed E-state index contributed by atoms with van der Waals surface area (Å²) in [7, 11) is 1.71.